The maximum atomic E-state index is 14.8. The number of benzene rings is 1. The summed E-state index contributed by atoms with van der Waals surface area (Å²) in [7, 11) is -1.86. The van der Waals surface area contributed by atoms with Crippen LogP contribution in [-0.4, -0.2) is 48.7 Å². The summed E-state index contributed by atoms with van der Waals surface area (Å²) >= 11 is 0. The van der Waals surface area contributed by atoms with Gasteiger partial charge in [-0.25, -0.2) is 14.2 Å². The molecule has 0 fully saturated rings. The summed E-state index contributed by atoms with van der Waals surface area (Å²) in [6.07, 6.45) is -0.133. The number of fused-ring (bicyclic) bond motifs is 1. The van der Waals surface area contributed by atoms with Gasteiger partial charge in [0.25, 0.3) is 5.91 Å². The maximum Gasteiger partial charge on any atom is 0.411 e. The van der Waals surface area contributed by atoms with Gasteiger partial charge >= 0.3 is 6.09 Å². The summed E-state index contributed by atoms with van der Waals surface area (Å²) in [5, 5.41) is 3.48. The van der Waals surface area contributed by atoms with E-state index in [2.05, 4.69) is 29.9 Å². The molecule has 7 nitrogen and oxygen atoms in total. The lowest BCUT2D eigenvalue weighted by Crippen LogP contribution is -2.47. The second-order valence-electron chi connectivity index (χ2n) is 10.4. The third-order valence-electron chi connectivity index (χ3n) is 5.39. The number of ether oxygens (including phenoxy) is 2. The molecule has 0 aliphatic carbocycles. The van der Waals surface area contributed by atoms with Crippen molar-refractivity contribution >= 4 is 30.9 Å². The van der Waals surface area contributed by atoms with Crippen molar-refractivity contribution in [2.24, 2.45) is 0 Å². The molecule has 2 amide bonds. The highest BCUT2D eigenvalue weighted by atomic mass is 28.3. The Bertz CT molecular complexity index is 1080. The molecule has 2 aromatic rings. The first-order chi connectivity index (χ1) is 15.8. The number of amides is 2. The fourth-order valence-corrected chi connectivity index (χ4v) is 5.28. The molecule has 9 heteroatoms. The monoisotopic (exact) mass is 487 g/mol. The number of anilines is 1. The molecule has 1 aromatic carbocycles. The van der Waals surface area contributed by atoms with Crippen molar-refractivity contribution in [3.8, 4) is 5.88 Å². The Labute approximate surface area is 201 Å². The number of nitrogens with zero attached hydrogens (tertiary/aromatic N) is 2. The predicted octanol–water partition coefficient (Wildman–Crippen LogP) is 4.64. The van der Waals surface area contributed by atoms with E-state index in [0.717, 1.165) is 0 Å². The van der Waals surface area contributed by atoms with E-state index in [1.54, 1.807) is 45.0 Å². The number of aromatic nitrogens is 1. The van der Waals surface area contributed by atoms with Gasteiger partial charge in [0.05, 0.1) is 20.4 Å². The highest BCUT2D eigenvalue weighted by molar-refractivity contribution is 6.88. The molecule has 1 unspecified atom stereocenters. The molecule has 2 heterocycles. The molecule has 0 saturated heterocycles. The number of hydrogen-bond donors (Lipinski definition) is 1. The summed E-state index contributed by atoms with van der Waals surface area (Å²) in [5.41, 5.74) is 0.897. The minimum atomic E-state index is -1.86. The zero-order valence-electron chi connectivity index (χ0n) is 21.0. The first-order valence-electron chi connectivity index (χ1n) is 11.5. The molecule has 1 aromatic heterocycles. The number of halogens is 1. The number of carbonyl (C=O) groups excluding carboxylic acids is 2. The van der Waals surface area contributed by atoms with Crippen LogP contribution in [-0.2, 0) is 16.0 Å². The zero-order chi connectivity index (χ0) is 25.3. The van der Waals surface area contributed by atoms with E-state index in [9.17, 15) is 14.0 Å². The molecule has 1 N–H and O–H groups in total. The lowest BCUT2D eigenvalue weighted by molar-refractivity contribution is -0.122. The summed E-state index contributed by atoms with van der Waals surface area (Å²) in [6.45, 7) is 14.1. The van der Waals surface area contributed by atoms with Crippen LogP contribution in [0.4, 0.5) is 14.9 Å². The van der Waals surface area contributed by atoms with Crippen LogP contribution in [0.3, 0.4) is 0 Å². The molecule has 0 radical (unpaired) electrons. The van der Waals surface area contributed by atoms with Crippen LogP contribution >= 0.6 is 0 Å². The average molecular weight is 488 g/mol. The minimum Gasteiger partial charge on any atom is -0.478 e. The molecular weight excluding hydrogens is 453 g/mol. The van der Waals surface area contributed by atoms with Gasteiger partial charge in [-0.2, -0.15) is 0 Å². The molecule has 0 bridgehead atoms. The van der Waals surface area contributed by atoms with Crippen LogP contribution in [0.1, 0.15) is 45.0 Å². The van der Waals surface area contributed by atoms with Crippen LogP contribution in [0, 0.1) is 5.82 Å². The number of nitrogens with one attached hydrogen (secondary N) is 1. The fraction of sp³-hybridized carbons (Fsp3) is 0.480. The summed E-state index contributed by atoms with van der Waals surface area (Å²) < 4.78 is 25.8. The lowest BCUT2D eigenvalue weighted by atomic mass is 9.96. The van der Waals surface area contributed by atoms with Crippen LogP contribution in [0.2, 0.25) is 19.6 Å². The third-order valence-corrected chi connectivity index (χ3v) is 7.41. The molecule has 1 atom stereocenters. The van der Waals surface area contributed by atoms with Gasteiger partial charge in [0.15, 0.2) is 0 Å². The first-order valence-corrected chi connectivity index (χ1v) is 15.0. The van der Waals surface area contributed by atoms with Gasteiger partial charge in [-0.1, -0.05) is 25.7 Å². The SMILES string of the molecule is CCOc1ccc2c(n1)CCN(C(=O)OC(C)(C)C)C2C(=O)Nc1ccc([Si](C)(C)C)c(F)c1. The molecule has 0 spiro atoms. The lowest BCUT2D eigenvalue weighted by Gasteiger charge is -2.36. The van der Waals surface area contributed by atoms with Crippen molar-refractivity contribution in [1.82, 2.24) is 9.88 Å². The quantitative estimate of drug-likeness (QED) is 0.622. The van der Waals surface area contributed by atoms with E-state index in [0.29, 0.717) is 41.0 Å². The van der Waals surface area contributed by atoms with E-state index in [-0.39, 0.29) is 12.4 Å². The van der Waals surface area contributed by atoms with E-state index < -0.39 is 31.7 Å². The van der Waals surface area contributed by atoms with Crippen molar-refractivity contribution in [3.63, 3.8) is 0 Å². The molecule has 1 aliphatic heterocycles. The Morgan fingerprint density at radius 1 is 1.21 bits per heavy atom. The second-order valence-corrected chi connectivity index (χ2v) is 15.4. The van der Waals surface area contributed by atoms with E-state index >= 15 is 0 Å². The number of pyridine rings is 1. The highest BCUT2D eigenvalue weighted by Gasteiger charge is 2.39. The second kappa shape index (κ2) is 9.73. The smallest absolute Gasteiger partial charge is 0.411 e. The van der Waals surface area contributed by atoms with E-state index in [1.165, 1.54) is 11.0 Å². The number of carbonyl (C=O) groups is 2. The number of hydrogen-bond acceptors (Lipinski definition) is 5. The van der Waals surface area contributed by atoms with Gasteiger partial charge in [0, 0.05) is 30.3 Å². The van der Waals surface area contributed by atoms with Gasteiger partial charge in [-0.05, 0) is 51.1 Å². The van der Waals surface area contributed by atoms with Crippen molar-refractivity contribution < 1.29 is 23.5 Å². The van der Waals surface area contributed by atoms with Crippen molar-refractivity contribution in [2.45, 2.75) is 65.4 Å². The maximum absolute atomic E-state index is 14.8. The standard InChI is InChI=1S/C25H34FN3O4Si/c1-8-32-21-12-10-17-19(28-21)13-14-29(24(31)33-25(2,3)4)22(17)23(30)27-16-9-11-20(18(26)15-16)34(5,6)7/h9-12,15,22H,8,13-14H2,1-7H3,(H,27,30). The minimum absolute atomic E-state index is 0.255. The molecule has 34 heavy (non-hydrogen) atoms. The van der Waals surface area contributed by atoms with E-state index in [1.807, 2.05) is 6.92 Å². The Kier molecular flexibility index (Phi) is 7.35. The Hall–Kier alpha value is -2.94. The average Bonchev–Trinajstić information content (AvgIpc) is 2.70. The van der Waals surface area contributed by atoms with Gasteiger partial charge in [-0.15, -0.1) is 0 Å². The zero-order valence-corrected chi connectivity index (χ0v) is 22.0. The molecule has 0 saturated carbocycles. The molecule has 184 valence electrons. The normalized spacial score (nSPS) is 16.0. The summed E-state index contributed by atoms with van der Waals surface area (Å²) in [5.74, 6) is -0.332. The van der Waals surface area contributed by atoms with Crippen molar-refractivity contribution in [2.75, 3.05) is 18.5 Å². The third kappa shape index (κ3) is 5.94. The van der Waals surface area contributed by atoms with Crippen LogP contribution in [0.25, 0.3) is 0 Å². The molecular formula is C25H34FN3O4Si. The van der Waals surface area contributed by atoms with Gasteiger partial charge < -0.3 is 14.8 Å². The largest absolute Gasteiger partial charge is 0.478 e. The Morgan fingerprint density at radius 3 is 2.50 bits per heavy atom. The molecule has 1 aliphatic rings. The predicted molar refractivity (Wildman–Crippen MR) is 133 cm³/mol. The Balaban J connectivity index is 1.95. The fourth-order valence-electron chi connectivity index (χ4n) is 3.90. The van der Waals surface area contributed by atoms with Crippen LogP contribution < -0.4 is 15.2 Å². The van der Waals surface area contributed by atoms with Gasteiger partial charge in [-0.3, -0.25) is 9.69 Å². The summed E-state index contributed by atoms with van der Waals surface area (Å²) in [6, 6.07) is 7.23. The van der Waals surface area contributed by atoms with Crippen molar-refractivity contribution in [3.05, 3.63) is 47.4 Å². The molecule has 3 rings (SSSR count). The first kappa shape index (κ1) is 25.7. The Morgan fingerprint density at radius 2 is 1.91 bits per heavy atom. The van der Waals surface area contributed by atoms with Gasteiger partial charge in [0.2, 0.25) is 5.88 Å². The summed E-state index contributed by atoms with van der Waals surface area (Å²) in [4.78, 5) is 32.4. The number of rotatable bonds is 5. The van der Waals surface area contributed by atoms with Crippen molar-refractivity contribution in [1.29, 1.82) is 0 Å². The van der Waals surface area contributed by atoms with E-state index in [4.69, 9.17) is 9.47 Å². The highest BCUT2D eigenvalue weighted by Crippen LogP contribution is 2.33. The van der Waals surface area contributed by atoms with Crippen LogP contribution in [0.5, 0.6) is 5.88 Å². The van der Waals surface area contributed by atoms with Crippen LogP contribution in [0.15, 0.2) is 30.3 Å². The van der Waals surface area contributed by atoms with Gasteiger partial charge in [0.1, 0.15) is 17.5 Å². The topological polar surface area (TPSA) is 80.8 Å².